The highest BCUT2D eigenvalue weighted by molar-refractivity contribution is 5.78. The van der Waals surface area contributed by atoms with Crippen LogP contribution in [0.2, 0.25) is 0 Å². The van der Waals surface area contributed by atoms with Crippen molar-refractivity contribution >= 4 is 16.7 Å². The molecule has 1 fully saturated rings. The van der Waals surface area contributed by atoms with E-state index in [4.69, 9.17) is 5.10 Å². The van der Waals surface area contributed by atoms with Crippen molar-refractivity contribution in [2.45, 2.75) is 38.0 Å². The molecule has 0 spiro atoms. The van der Waals surface area contributed by atoms with E-state index < -0.39 is 0 Å². The van der Waals surface area contributed by atoms with Gasteiger partial charge in [0, 0.05) is 24.5 Å². The second-order valence-corrected chi connectivity index (χ2v) is 6.78. The summed E-state index contributed by atoms with van der Waals surface area (Å²) in [5, 5.41) is 5.21. The van der Waals surface area contributed by atoms with Crippen LogP contribution >= 0.6 is 0 Å². The summed E-state index contributed by atoms with van der Waals surface area (Å²) in [6.45, 7) is 0. The molecule has 0 atom stereocenters. The Kier molecular flexibility index (Phi) is 3.51. The Morgan fingerprint density at radius 1 is 1.08 bits per heavy atom. The Hall–Kier alpha value is -3.09. The van der Waals surface area contributed by atoms with E-state index in [1.54, 1.807) is 39.9 Å². The van der Waals surface area contributed by atoms with Crippen LogP contribution in [-0.2, 0) is 0 Å². The first-order chi connectivity index (χ1) is 12.8. The van der Waals surface area contributed by atoms with E-state index in [0.29, 0.717) is 17.1 Å². The number of fused-ring (bicyclic) bond motifs is 3. The maximum absolute atomic E-state index is 12.9. The van der Waals surface area contributed by atoms with Crippen molar-refractivity contribution in [2.24, 2.45) is 0 Å². The van der Waals surface area contributed by atoms with Crippen LogP contribution in [0.25, 0.3) is 22.4 Å². The minimum atomic E-state index is -0.139. The molecule has 5 rings (SSSR count). The summed E-state index contributed by atoms with van der Waals surface area (Å²) in [6, 6.07) is 5.54. The molecule has 0 aromatic carbocycles. The predicted molar refractivity (Wildman–Crippen MR) is 97.5 cm³/mol. The molecule has 0 saturated heterocycles. The average Bonchev–Trinajstić information content (AvgIpc) is 3.14. The smallest absolute Gasteiger partial charge is 0.266 e. The van der Waals surface area contributed by atoms with E-state index in [9.17, 15) is 4.79 Å². The van der Waals surface area contributed by atoms with Gasteiger partial charge >= 0.3 is 0 Å². The van der Waals surface area contributed by atoms with E-state index >= 15 is 0 Å². The molecule has 0 unspecified atom stereocenters. The lowest BCUT2D eigenvalue weighted by Crippen LogP contribution is -2.19. The molecule has 7 heteroatoms. The molecule has 7 nitrogen and oxygen atoms in total. The molecule has 0 bridgehead atoms. The Morgan fingerprint density at radius 3 is 2.77 bits per heavy atom. The van der Waals surface area contributed by atoms with Gasteiger partial charge in [0.15, 0.2) is 5.82 Å². The van der Waals surface area contributed by atoms with Crippen molar-refractivity contribution in [3.05, 3.63) is 59.2 Å². The molecule has 1 saturated carbocycles. The molecule has 1 aliphatic carbocycles. The summed E-state index contributed by atoms with van der Waals surface area (Å²) in [6.07, 6.45) is 12.7. The Balaban J connectivity index is 1.67. The molecular formula is C19H18N6O. The standard InChI is InChI=1S/C19H18N6O/c26-18-15-12-21-19-22-17(13-5-2-1-3-6-13)23-25(19)16(15)8-10-24(18)14-7-4-9-20-11-14/h4,7-13H,1-3,5-6H2. The molecule has 1 aliphatic rings. The van der Waals surface area contributed by atoms with Crippen molar-refractivity contribution in [3.8, 4) is 5.69 Å². The third-order valence-electron chi connectivity index (χ3n) is 5.14. The summed E-state index contributed by atoms with van der Waals surface area (Å²) in [5.74, 6) is 1.80. The maximum Gasteiger partial charge on any atom is 0.266 e. The second-order valence-electron chi connectivity index (χ2n) is 6.78. The zero-order valence-corrected chi connectivity index (χ0v) is 14.2. The van der Waals surface area contributed by atoms with Gasteiger partial charge in [-0.25, -0.2) is 4.98 Å². The van der Waals surface area contributed by atoms with E-state index in [-0.39, 0.29) is 5.56 Å². The van der Waals surface area contributed by atoms with Gasteiger partial charge < -0.3 is 0 Å². The van der Waals surface area contributed by atoms with Gasteiger partial charge in [-0.2, -0.15) is 9.50 Å². The van der Waals surface area contributed by atoms with E-state index in [2.05, 4.69) is 15.0 Å². The maximum atomic E-state index is 12.9. The van der Waals surface area contributed by atoms with E-state index in [1.165, 1.54) is 19.3 Å². The number of aromatic nitrogens is 6. The lowest BCUT2D eigenvalue weighted by molar-refractivity contribution is 0.429. The van der Waals surface area contributed by atoms with Gasteiger partial charge in [0.05, 0.1) is 22.8 Å². The van der Waals surface area contributed by atoms with Crippen molar-refractivity contribution in [1.82, 2.24) is 29.1 Å². The summed E-state index contributed by atoms with van der Waals surface area (Å²) in [7, 11) is 0. The third kappa shape index (κ3) is 2.39. The number of pyridine rings is 2. The zero-order chi connectivity index (χ0) is 17.5. The van der Waals surface area contributed by atoms with Crippen LogP contribution in [0.5, 0.6) is 0 Å². The largest absolute Gasteiger partial charge is 0.282 e. The minimum Gasteiger partial charge on any atom is -0.282 e. The quantitative estimate of drug-likeness (QED) is 0.558. The van der Waals surface area contributed by atoms with Gasteiger partial charge in [0.1, 0.15) is 0 Å². The lowest BCUT2D eigenvalue weighted by atomic mass is 9.89. The average molecular weight is 346 g/mol. The molecule has 0 amide bonds. The number of hydrogen-bond acceptors (Lipinski definition) is 5. The second kappa shape index (κ2) is 6.01. The molecule has 26 heavy (non-hydrogen) atoms. The van der Waals surface area contributed by atoms with Gasteiger partial charge in [-0.15, -0.1) is 5.10 Å². The lowest BCUT2D eigenvalue weighted by Gasteiger charge is -2.17. The van der Waals surface area contributed by atoms with Crippen LogP contribution < -0.4 is 5.56 Å². The van der Waals surface area contributed by atoms with Crippen LogP contribution in [0.3, 0.4) is 0 Å². The Bertz CT molecular complexity index is 1140. The molecule has 4 aromatic rings. The fraction of sp³-hybridized carbons (Fsp3) is 0.316. The van der Waals surface area contributed by atoms with Gasteiger partial charge in [0.25, 0.3) is 11.3 Å². The van der Waals surface area contributed by atoms with Crippen molar-refractivity contribution < 1.29 is 0 Å². The highest BCUT2D eigenvalue weighted by Gasteiger charge is 2.21. The highest BCUT2D eigenvalue weighted by Crippen LogP contribution is 2.31. The molecule has 4 aromatic heterocycles. The monoisotopic (exact) mass is 346 g/mol. The highest BCUT2D eigenvalue weighted by atomic mass is 16.1. The van der Waals surface area contributed by atoms with Crippen molar-refractivity contribution in [1.29, 1.82) is 0 Å². The fourth-order valence-corrected chi connectivity index (χ4v) is 3.77. The van der Waals surface area contributed by atoms with Crippen LogP contribution in [0, 0.1) is 0 Å². The Labute approximate surface area is 149 Å². The van der Waals surface area contributed by atoms with Crippen LogP contribution in [0.1, 0.15) is 43.8 Å². The number of rotatable bonds is 2. The molecule has 0 aliphatic heterocycles. The first-order valence-electron chi connectivity index (χ1n) is 8.99. The predicted octanol–water partition coefficient (Wildman–Crippen LogP) is 2.87. The minimum absolute atomic E-state index is 0.139. The fourth-order valence-electron chi connectivity index (χ4n) is 3.77. The molecule has 0 radical (unpaired) electrons. The summed E-state index contributed by atoms with van der Waals surface area (Å²) in [5.41, 5.74) is 1.32. The Morgan fingerprint density at radius 2 is 1.96 bits per heavy atom. The van der Waals surface area contributed by atoms with Gasteiger partial charge in [0.2, 0.25) is 0 Å². The van der Waals surface area contributed by atoms with Crippen molar-refractivity contribution in [2.75, 3.05) is 0 Å². The summed E-state index contributed by atoms with van der Waals surface area (Å²) >= 11 is 0. The first kappa shape index (κ1) is 15.2. The van der Waals surface area contributed by atoms with Crippen molar-refractivity contribution in [3.63, 3.8) is 0 Å². The zero-order valence-electron chi connectivity index (χ0n) is 14.2. The van der Waals surface area contributed by atoms with Crippen LogP contribution in [-0.4, -0.2) is 29.1 Å². The molecule has 130 valence electrons. The summed E-state index contributed by atoms with van der Waals surface area (Å²) < 4.78 is 3.27. The van der Waals surface area contributed by atoms with Crippen LogP contribution in [0.4, 0.5) is 0 Å². The first-order valence-corrected chi connectivity index (χ1v) is 8.99. The molecular weight excluding hydrogens is 328 g/mol. The number of hydrogen-bond donors (Lipinski definition) is 0. The van der Waals surface area contributed by atoms with Gasteiger partial charge in [-0.3, -0.25) is 14.3 Å². The molecule has 0 N–H and O–H groups in total. The van der Waals surface area contributed by atoms with Gasteiger partial charge in [-0.05, 0) is 31.0 Å². The normalized spacial score (nSPS) is 15.7. The van der Waals surface area contributed by atoms with E-state index in [1.807, 2.05) is 12.1 Å². The number of nitrogens with zero attached hydrogens (tertiary/aromatic N) is 6. The van der Waals surface area contributed by atoms with Gasteiger partial charge in [-0.1, -0.05) is 19.3 Å². The summed E-state index contributed by atoms with van der Waals surface area (Å²) in [4.78, 5) is 26.0. The third-order valence-corrected chi connectivity index (χ3v) is 5.14. The topological polar surface area (TPSA) is 78.0 Å². The van der Waals surface area contributed by atoms with Crippen LogP contribution in [0.15, 0.2) is 47.8 Å². The molecule has 4 heterocycles. The van der Waals surface area contributed by atoms with E-state index in [0.717, 1.165) is 29.9 Å². The SMILES string of the molecule is O=c1c2cnc3nc(C4CCCCC4)nn3c2ccn1-c1cccnc1.